The van der Waals surface area contributed by atoms with Crippen LogP contribution in [0.25, 0.3) is 10.9 Å². The van der Waals surface area contributed by atoms with E-state index >= 15 is 0 Å². The van der Waals surface area contributed by atoms with Crippen LogP contribution >= 0.6 is 0 Å². The number of fused-ring (bicyclic) bond motifs is 3. The number of rotatable bonds is 5. The largest absolute Gasteiger partial charge is 0.469 e. The van der Waals surface area contributed by atoms with Crippen molar-refractivity contribution in [3.63, 3.8) is 0 Å². The Morgan fingerprint density at radius 1 is 1.28 bits per heavy atom. The highest BCUT2D eigenvalue weighted by Gasteiger charge is 2.43. The van der Waals surface area contributed by atoms with E-state index in [-0.39, 0.29) is 17.9 Å². The predicted molar refractivity (Wildman–Crippen MR) is 107 cm³/mol. The lowest BCUT2D eigenvalue weighted by atomic mass is 9.97. The number of aliphatic hydroxyl groups excluding tert-OH is 1. The summed E-state index contributed by atoms with van der Waals surface area (Å²) in [6, 6.07) is 3.24. The van der Waals surface area contributed by atoms with Gasteiger partial charge in [0.05, 0.1) is 22.2 Å². The van der Waals surface area contributed by atoms with Gasteiger partial charge in [-0.3, -0.25) is 9.59 Å². The van der Waals surface area contributed by atoms with Crippen LogP contribution in [0.2, 0.25) is 0 Å². The topological polar surface area (TPSA) is 121 Å². The maximum Gasteiger partial charge on any atom is 0.356 e. The van der Waals surface area contributed by atoms with Gasteiger partial charge in [-0.1, -0.05) is 0 Å². The second kappa shape index (κ2) is 7.51. The van der Waals surface area contributed by atoms with Crippen LogP contribution in [0.5, 0.6) is 5.75 Å². The smallest absolute Gasteiger partial charge is 0.356 e. The molecule has 8 nitrogen and oxygen atoms in total. The number of aliphatic hydroxyl groups is 1. The fraction of sp³-hybridized carbons (Fsp3) is 0.476. The van der Waals surface area contributed by atoms with E-state index in [9.17, 15) is 14.4 Å². The summed E-state index contributed by atoms with van der Waals surface area (Å²) in [7, 11) is 0. The third-order valence-corrected chi connectivity index (χ3v) is 4.84. The van der Waals surface area contributed by atoms with Gasteiger partial charge in [0.25, 0.3) is 11.9 Å². The molecule has 0 saturated heterocycles. The number of carbonyl (C=O) groups is 3. The summed E-state index contributed by atoms with van der Waals surface area (Å²) in [5, 5.41) is 9.54. The fourth-order valence-corrected chi connectivity index (χ4v) is 3.47. The summed E-state index contributed by atoms with van der Waals surface area (Å²) < 4.78 is 13.0. The highest BCUT2D eigenvalue weighted by atomic mass is 16.6. The van der Waals surface area contributed by atoms with Crippen LogP contribution in [0.15, 0.2) is 12.1 Å². The zero-order chi connectivity index (χ0) is 21.5. The minimum Gasteiger partial charge on any atom is -0.469 e. The van der Waals surface area contributed by atoms with Crippen molar-refractivity contribution >= 4 is 34.1 Å². The number of aromatic nitrogens is 1. The molecular weight excluding hydrogens is 376 g/mol. The lowest BCUT2D eigenvalue weighted by Gasteiger charge is -2.27. The van der Waals surface area contributed by atoms with Crippen LogP contribution in [-0.4, -0.2) is 45.5 Å². The van der Waals surface area contributed by atoms with Crippen LogP contribution in [0, 0.1) is 6.92 Å². The van der Waals surface area contributed by atoms with Gasteiger partial charge in [0.1, 0.15) is 11.4 Å². The van der Waals surface area contributed by atoms with Gasteiger partial charge in [0.15, 0.2) is 0 Å². The highest BCUT2D eigenvalue weighted by Crippen LogP contribution is 2.41. The van der Waals surface area contributed by atoms with E-state index in [4.69, 9.17) is 20.3 Å². The minimum atomic E-state index is -1.66. The molecule has 0 amide bonds. The van der Waals surface area contributed by atoms with Crippen molar-refractivity contribution in [1.82, 2.24) is 4.57 Å². The highest BCUT2D eigenvalue weighted by molar-refractivity contribution is 6.49. The molecule has 1 aromatic heterocycles. The van der Waals surface area contributed by atoms with Gasteiger partial charge in [0, 0.05) is 18.8 Å². The van der Waals surface area contributed by atoms with Crippen LogP contribution < -0.4 is 10.5 Å². The molecule has 0 radical (unpaired) electrons. The number of nitrogen functional groups attached to an aromatic ring is 1. The zero-order valence-corrected chi connectivity index (χ0v) is 17.1. The first-order chi connectivity index (χ1) is 13.6. The Labute approximate surface area is 168 Å². The molecule has 8 heteroatoms. The number of carbonyl (C=O) groups excluding carboxylic acids is 3. The normalized spacial score (nSPS) is 16.7. The Balaban J connectivity index is 2.09. The van der Waals surface area contributed by atoms with E-state index < -0.39 is 29.2 Å². The maximum atomic E-state index is 12.6. The second-order valence-electron chi connectivity index (χ2n) is 8.14. The number of aryl methyl sites for hydroxylation is 1. The molecule has 1 atom stereocenters. The minimum absolute atomic E-state index is 0.0847. The molecule has 3 N–H and O–H groups in total. The van der Waals surface area contributed by atoms with Crippen LogP contribution in [0.1, 0.15) is 49.7 Å². The van der Waals surface area contributed by atoms with Crippen molar-refractivity contribution in [1.29, 1.82) is 0 Å². The summed E-state index contributed by atoms with van der Waals surface area (Å²) in [4.78, 5) is 37.6. The van der Waals surface area contributed by atoms with Crippen LogP contribution in [-0.2, 0) is 20.9 Å². The number of anilines is 1. The van der Waals surface area contributed by atoms with Crippen molar-refractivity contribution in [3.8, 4) is 5.75 Å². The summed E-state index contributed by atoms with van der Waals surface area (Å²) in [5.41, 5.74) is 7.51. The molecule has 0 aliphatic carbocycles. The van der Waals surface area contributed by atoms with E-state index in [0.29, 0.717) is 24.0 Å². The summed E-state index contributed by atoms with van der Waals surface area (Å²) in [5.74, 6) is -2.53. The SMILES string of the molecule is Cc1c(N)c2c3c(ccc2n1CCCCO)C(=O)C(=O)C(C(=O)OC(C)(C)C)O3. The molecule has 0 bridgehead atoms. The average Bonchev–Trinajstić information content (AvgIpc) is 2.88. The molecule has 29 heavy (non-hydrogen) atoms. The molecule has 1 aliphatic heterocycles. The standard InChI is InChI=1S/C21H26N2O6/c1-11-15(22)14-13(23(11)9-5-6-10-24)8-7-12-16(25)17(26)19(28-18(12)14)20(27)29-21(2,3)4/h7-8,19,24H,5-6,9-10,22H2,1-4H3. The van der Waals surface area contributed by atoms with E-state index in [1.165, 1.54) is 6.07 Å². The molecule has 0 spiro atoms. The number of benzene rings is 1. The fourth-order valence-electron chi connectivity index (χ4n) is 3.47. The van der Waals surface area contributed by atoms with E-state index in [2.05, 4.69) is 0 Å². The quantitative estimate of drug-likeness (QED) is 0.340. The first kappa shape index (κ1) is 20.9. The van der Waals surface area contributed by atoms with E-state index in [1.807, 2.05) is 11.5 Å². The summed E-state index contributed by atoms with van der Waals surface area (Å²) in [6.45, 7) is 7.57. The Morgan fingerprint density at radius 2 is 1.97 bits per heavy atom. The van der Waals surface area contributed by atoms with Gasteiger partial charge >= 0.3 is 5.97 Å². The molecule has 3 rings (SSSR count). The number of hydrogen-bond donors (Lipinski definition) is 2. The first-order valence-corrected chi connectivity index (χ1v) is 9.57. The predicted octanol–water partition coefficient (Wildman–Crippen LogP) is 2.16. The zero-order valence-electron chi connectivity index (χ0n) is 17.1. The monoisotopic (exact) mass is 402 g/mol. The van der Waals surface area contributed by atoms with Gasteiger partial charge in [0.2, 0.25) is 5.78 Å². The average molecular weight is 402 g/mol. The number of ether oxygens (including phenoxy) is 2. The molecule has 0 fully saturated rings. The Morgan fingerprint density at radius 3 is 2.59 bits per heavy atom. The van der Waals surface area contributed by atoms with E-state index in [1.54, 1.807) is 26.8 Å². The van der Waals surface area contributed by atoms with Crippen molar-refractivity contribution in [2.75, 3.05) is 12.3 Å². The lowest BCUT2D eigenvalue weighted by Crippen LogP contribution is -2.46. The van der Waals surface area contributed by atoms with Crippen LogP contribution in [0.4, 0.5) is 5.69 Å². The number of hydrogen-bond acceptors (Lipinski definition) is 7. The molecule has 1 aliphatic rings. The number of esters is 1. The van der Waals surface area contributed by atoms with Gasteiger partial charge < -0.3 is 24.9 Å². The first-order valence-electron chi connectivity index (χ1n) is 9.57. The van der Waals surface area contributed by atoms with Gasteiger partial charge in [-0.2, -0.15) is 0 Å². The number of Topliss-reactive ketones (excluding diaryl/α,β-unsaturated/α-hetero) is 2. The van der Waals surface area contributed by atoms with Gasteiger partial charge in [-0.05, 0) is 52.7 Å². The molecule has 0 saturated carbocycles. The maximum absolute atomic E-state index is 12.6. The molecule has 1 aromatic carbocycles. The third-order valence-electron chi connectivity index (χ3n) is 4.84. The van der Waals surface area contributed by atoms with Crippen molar-refractivity contribution in [2.24, 2.45) is 0 Å². The lowest BCUT2D eigenvalue weighted by molar-refractivity contribution is -0.165. The second-order valence-corrected chi connectivity index (χ2v) is 8.14. The molecule has 156 valence electrons. The van der Waals surface area contributed by atoms with Gasteiger partial charge in [-0.25, -0.2) is 4.79 Å². The summed E-state index contributed by atoms with van der Waals surface area (Å²) >= 11 is 0. The number of unbranched alkanes of at least 4 members (excludes halogenated alkanes) is 1. The van der Waals surface area contributed by atoms with E-state index in [0.717, 1.165) is 17.6 Å². The Hall–Kier alpha value is -2.87. The number of nitrogens with zero attached hydrogens (tertiary/aromatic N) is 1. The molecule has 2 heterocycles. The van der Waals surface area contributed by atoms with Crippen molar-refractivity contribution < 1.29 is 29.0 Å². The molecular formula is C21H26N2O6. The number of nitrogens with two attached hydrogens (primary N) is 1. The Kier molecular flexibility index (Phi) is 5.40. The molecule has 2 aromatic rings. The Bertz CT molecular complexity index is 999. The van der Waals surface area contributed by atoms with Crippen molar-refractivity contribution in [2.45, 2.75) is 58.8 Å². The van der Waals surface area contributed by atoms with Gasteiger partial charge in [-0.15, -0.1) is 0 Å². The molecule has 1 unspecified atom stereocenters. The van der Waals surface area contributed by atoms with Crippen molar-refractivity contribution in [3.05, 3.63) is 23.4 Å². The number of ketones is 2. The van der Waals surface area contributed by atoms with Crippen LogP contribution in [0.3, 0.4) is 0 Å². The summed E-state index contributed by atoms with van der Waals surface area (Å²) in [6.07, 6.45) is -0.262. The third kappa shape index (κ3) is 3.72.